The van der Waals surface area contributed by atoms with Gasteiger partial charge in [-0.15, -0.1) is 5.10 Å². The third kappa shape index (κ3) is 3.80. The van der Waals surface area contributed by atoms with Gasteiger partial charge < -0.3 is 9.72 Å². The standard InChI is InChI=1S/C23H30N4O2/c1-4-9-20-24-15(3)21-23(28)25-22(26-27(20)21)18-14-17(12-13-19(18)29-5-2)16-10-7-6-8-11-16/h12-14,16H,4-11H2,1-3H3,(H,25,26,28). The van der Waals surface area contributed by atoms with Gasteiger partial charge in [-0.3, -0.25) is 4.79 Å². The van der Waals surface area contributed by atoms with E-state index < -0.39 is 0 Å². The average Bonchev–Trinajstić information content (AvgIpc) is 3.05. The summed E-state index contributed by atoms with van der Waals surface area (Å²) in [6, 6.07) is 6.36. The van der Waals surface area contributed by atoms with Crippen LogP contribution in [0.25, 0.3) is 16.9 Å². The van der Waals surface area contributed by atoms with Gasteiger partial charge in [0.15, 0.2) is 11.3 Å². The largest absolute Gasteiger partial charge is 0.493 e. The van der Waals surface area contributed by atoms with E-state index in [1.807, 2.05) is 19.9 Å². The first-order valence-corrected chi connectivity index (χ1v) is 10.9. The molecule has 3 aromatic rings. The van der Waals surface area contributed by atoms with Crippen molar-refractivity contribution in [1.82, 2.24) is 19.6 Å². The molecule has 1 fully saturated rings. The maximum atomic E-state index is 12.9. The first-order chi connectivity index (χ1) is 14.1. The van der Waals surface area contributed by atoms with Crippen LogP contribution in [-0.2, 0) is 6.42 Å². The Morgan fingerprint density at radius 1 is 1.21 bits per heavy atom. The molecular formula is C23H30N4O2. The van der Waals surface area contributed by atoms with Crippen LogP contribution in [0.3, 0.4) is 0 Å². The minimum Gasteiger partial charge on any atom is -0.493 e. The van der Waals surface area contributed by atoms with E-state index in [2.05, 4.69) is 29.0 Å². The van der Waals surface area contributed by atoms with E-state index in [1.54, 1.807) is 4.52 Å². The first-order valence-electron chi connectivity index (χ1n) is 10.9. The maximum absolute atomic E-state index is 12.9. The predicted octanol–water partition coefficient (Wildman–Crippen LogP) is 4.79. The van der Waals surface area contributed by atoms with E-state index in [0.29, 0.717) is 23.9 Å². The van der Waals surface area contributed by atoms with Crippen LogP contribution < -0.4 is 10.3 Å². The molecule has 1 aliphatic rings. The molecule has 0 saturated heterocycles. The van der Waals surface area contributed by atoms with E-state index in [-0.39, 0.29) is 5.56 Å². The van der Waals surface area contributed by atoms with E-state index in [4.69, 9.17) is 9.84 Å². The molecule has 154 valence electrons. The fraction of sp³-hybridized carbons (Fsp3) is 0.522. The van der Waals surface area contributed by atoms with Crippen LogP contribution in [0.5, 0.6) is 5.75 Å². The van der Waals surface area contributed by atoms with Crippen molar-refractivity contribution in [1.29, 1.82) is 0 Å². The molecule has 1 saturated carbocycles. The van der Waals surface area contributed by atoms with Crippen LogP contribution >= 0.6 is 0 Å². The summed E-state index contributed by atoms with van der Waals surface area (Å²) in [4.78, 5) is 20.4. The zero-order valence-electron chi connectivity index (χ0n) is 17.6. The lowest BCUT2D eigenvalue weighted by molar-refractivity contribution is 0.341. The second kappa shape index (κ2) is 8.39. The summed E-state index contributed by atoms with van der Waals surface area (Å²) < 4.78 is 7.60. The number of aromatic amines is 1. The van der Waals surface area contributed by atoms with Gasteiger partial charge in [0.05, 0.1) is 17.9 Å². The summed E-state index contributed by atoms with van der Waals surface area (Å²) in [7, 11) is 0. The van der Waals surface area contributed by atoms with Gasteiger partial charge in [0.2, 0.25) is 0 Å². The van der Waals surface area contributed by atoms with Crippen LogP contribution in [0.2, 0.25) is 0 Å². The number of imidazole rings is 1. The van der Waals surface area contributed by atoms with Crippen molar-refractivity contribution in [3.05, 3.63) is 45.6 Å². The number of rotatable bonds is 6. The van der Waals surface area contributed by atoms with Gasteiger partial charge in [-0.1, -0.05) is 32.3 Å². The Morgan fingerprint density at radius 2 is 2.00 bits per heavy atom. The van der Waals surface area contributed by atoms with E-state index >= 15 is 0 Å². The molecule has 0 atom stereocenters. The number of benzene rings is 1. The fourth-order valence-corrected chi connectivity index (χ4v) is 4.45. The molecule has 1 aromatic carbocycles. The SMILES string of the molecule is CCCc1nc(C)c2c(=O)[nH]c(-c3cc(C4CCCCC4)ccc3OCC)nn12. The molecule has 0 aliphatic heterocycles. The number of aryl methyl sites for hydroxylation is 2. The highest BCUT2D eigenvalue weighted by Gasteiger charge is 2.20. The Bertz CT molecular complexity index is 1060. The zero-order valence-corrected chi connectivity index (χ0v) is 17.6. The summed E-state index contributed by atoms with van der Waals surface area (Å²) >= 11 is 0. The van der Waals surface area contributed by atoms with Crippen molar-refractivity contribution in [3.8, 4) is 17.1 Å². The summed E-state index contributed by atoms with van der Waals surface area (Å²) in [5, 5.41) is 4.79. The Hall–Kier alpha value is -2.63. The minimum atomic E-state index is -0.159. The van der Waals surface area contributed by atoms with Crippen LogP contribution in [0.1, 0.15) is 75.4 Å². The number of nitrogens with one attached hydrogen (secondary N) is 1. The molecule has 6 nitrogen and oxygen atoms in total. The summed E-state index contributed by atoms with van der Waals surface area (Å²) in [6.07, 6.45) is 8.06. The number of aromatic nitrogens is 4. The highest BCUT2D eigenvalue weighted by atomic mass is 16.5. The van der Waals surface area contributed by atoms with Crippen molar-refractivity contribution in [2.45, 2.75) is 71.6 Å². The van der Waals surface area contributed by atoms with E-state index in [0.717, 1.165) is 35.7 Å². The summed E-state index contributed by atoms with van der Waals surface area (Å²) in [6.45, 7) is 6.50. The molecule has 0 unspecified atom stereocenters. The van der Waals surface area contributed by atoms with Crippen molar-refractivity contribution in [2.75, 3.05) is 6.61 Å². The molecule has 0 amide bonds. The van der Waals surface area contributed by atoms with Gasteiger partial charge in [0, 0.05) is 6.42 Å². The molecule has 29 heavy (non-hydrogen) atoms. The molecule has 0 radical (unpaired) electrons. The molecule has 0 bridgehead atoms. The smallest absolute Gasteiger partial charge is 0.277 e. The minimum absolute atomic E-state index is 0.159. The van der Waals surface area contributed by atoms with Crippen molar-refractivity contribution in [3.63, 3.8) is 0 Å². The summed E-state index contributed by atoms with van der Waals surface area (Å²) in [5.74, 6) is 2.69. The molecule has 1 N–H and O–H groups in total. The van der Waals surface area contributed by atoms with Crippen LogP contribution in [0, 0.1) is 6.92 Å². The highest BCUT2D eigenvalue weighted by molar-refractivity contribution is 5.66. The quantitative estimate of drug-likeness (QED) is 0.652. The van der Waals surface area contributed by atoms with Gasteiger partial charge in [0.25, 0.3) is 5.56 Å². The monoisotopic (exact) mass is 394 g/mol. The molecule has 1 aliphatic carbocycles. The Balaban J connectivity index is 1.86. The highest BCUT2D eigenvalue weighted by Crippen LogP contribution is 2.37. The van der Waals surface area contributed by atoms with E-state index in [1.165, 1.54) is 37.7 Å². The van der Waals surface area contributed by atoms with Crippen LogP contribution in [0.15, 0.2) is 23.0 Å². The van der Waals surface area contributed by atoms with Gasteiger partial charge in [0.1, 0.15) is 11.6 Å². The van der Waals surface area contributed by atoms with Gasteiger partial charge in [-0.05, 0) is 56.7 Å². The number of ether oxygens (including phenoxy) is 1. The van der Waals surface area contributed by atoms with Crippen LogP contribution in [0.4, 0.5) is 0 Å². The second-order valence-corrected chi connectivity index (χ2v) is 7.95. The number of hydrogen-bond acceptors (Lipinski definition) is 4. The average molecular weight is 395 g/mol. The number of hydrogen-bond donors (Lipinski definition) is 1. The van der Waals surface area contributed by atoms with Gasteiger partial charge in [-0.25, -0.2) is 9.50 Å². The number of nitrogens with zero attached hydrogens (tertiary/aromatic N) is 3. The molecule has 4 rings (SSSR count). The lowest BCUT2D eigenvalue weighted by Gasteiger charge is -2.23. The zero-order chi connectivity index (χ0) is 20.4. The molecule has 6 heteroatoms. The number of fused-ring (bicyclic) bond motifs is 1. The molecule has 2 heterocycles. The van der Waals surface area contributed by atoms with Crippen LogP contribution in [-0.4, -0.2) is 26.2 Å². The lowest BCUT2D eigenvalue weighted by Crippen LogP contribution is -2.16. The summed E-state index contributed by atoms with van der Waals surface area (Å²) in [5.41, 5.74) is 3.24. The van der Waals surface area contributed by atoms with Gasteiger partial charge >= 0.3 is 0 Å². The van der Waals surface area contributed by atoms with Crippen molar-refractivity contribution in [2.24, 2.45) is 0 Å². The Morgan fingerprint density at radius 3 is 2.72 bits per heavy atom. The van der Waals surface area contributed by atoms with Gasteiger partial charge in [-0.2, -0.15) is 0 Å². The topological polar surface area (TPSA) is 72.3 Å². The molecular weight excluding hydrogens is 364 g/mol. The first kappa shape index (κ1) is 19.7. The normalized spacial score (nSPS) is 15.1. The molecule has 0 spiro atoms. The maximum Gasteiger partial charge on any atom is 0.277 e. The third-order valence-electron chi connectivity index (χ3n) is 5.85. The third-order valence-corrected chi connectivity index (χ3v) is 5.85. The Kier molecular flexibility index (Phi) is 5.69. The Labute approximate surface area is 171 Å². The fourth-order valence-electron chi connectivity index (χ4n) is 4.45. The lowest BCUT2D eigenvalue weighted by atomic mass is 9.83. The number of H-pyrrole nitrogens is 1. The predicted molar refractivity (Wildman–Crippen MR) is 115 cm³/mol. The van der Waals surface area contributed by atoms with Crippen molar-refractivity contribution >= 4 is 5.52 Å². The second-order valence-electron chi connectivity index (χ2n) is 7.95. The molecule has 2 aromatic heterocycles. The van der Waals surface area contributed by atoms with Crippen molar-refractivity contribution < 1.29 is 4.74 Å². The van der Waals surface area contributed by atoms with E-state index in [9.17, 15) is 4.79 Å².